The molecule has 0 saturated carbocycles. The van der Waals surface area contributed by atoms with E-state index in [1.807, 2.05) is 36.4 Å². The SMILES string of the molecule is CC(Nc1ncnc2ccc(-c3cnc(N)c(C(N)=O)c3)cc12)c1ccccc1. The second-order valence-electron chi connectivity index (χ2n) is 6.75. The molecule has 0 aliphatic rings. The van der Waals surface area contributed by atoms with Crippen LogP contribution < -0.4 is 16.8 Å². The third-order valence-corrected chi connectivity index (χ3v) is 4.81. The summed E-state index contributed by atoms with van der Waals surface area (Å²) in [6.45, 7) is 2.08. The van der Waals surface area contributed by atoms with Gasteiger partial charge >= 0.3 is 0 Å². The number of benzene rings is 2. The molecule has 1 atom stereocenters. The maximum Gasteiger partial charge on any atom is 0.252 e. The van der Waals surface area contributed by atoms with Gasteiger partial charge in [0.05, 0.1) is 11.1 Å². The molecule has 0 fully saturated rings. The summed E-state index contributed by atoms with van der Waals surface area (Å²) >= 11 is 0. The highest BCUT2D eigenvalue weighted by molar-refractivity contribution is 5.99. The number of primary amides is 1. The van der Waals surface area contributed by atoms with Crippen LogP contribution in [0.5, 0.6) is 0 Å². The summed E-state index contributed by atoms with van der Waals surface area (Å²) in [6.07, 6.45) is 3.16. The Morgan fingerprint density at radius 1 is 1.00 bits per heavy atom. The molecule has 4 rings (SSSR count). The Morgan fingerprint density at radius 2 is 1.79 bits per heavy atom. The number of anilines is 2. The van der Waals surface area contributed by atoms with Gasteiger partial charge in [-0.15, -0.1) is 0 Å². The first-order valence-corrected chi connectivity index (χ1v) is 9.15. The zero-order chi connectivity index (χ0) is 20.4. The van der Waals surface area contributed by atoms with Gasteiger partial charge < -0.3 is 16.8 Å². The van der Waals surface area contributed by atoms with Crippen LogP contribution in [0.25, 0.3) is 22.0 Å². The number of nitrogens with two attached hydrogens (primary N) is 2. The van der Waals surface area contributed by atoms with Gasteiger partial charge in [0.2, 0.25) is 0 Å². The first-order valence-electron chi connectivity index (χ1n) is 9.15. The lowest BCUT2D eigenvalue weighted by Crippen LogP contribution is -2.14. The molecule has 2 heterocycles. The molecule has 0 saturated heterocycles. The second-order valence-corrected chi connectivity index (χ2v) is 6.75. The molecule has 7 nitrogen and oxygen atoms in total. The molecule has 0 aliphatic carbocycles. The lowest BCUT2D eigenvalue weighted by Gasteiger charge is -2.16. The highest BCUT2D eigenvalue weighted by Crippen LogP contribution is 2.29. The van der Waals surface area contributed by atoms with Crippen LogP contribution in [-0.4, -0.2) is 20.9 Å². The van der Waals surface area contributed by atoms with Crippen molar-refractivity contribution in [3.8, 4) is 11.1 Å². The fraction of sp³-hybridized carbons (Fsp3) is 0.0909. The first-order chi connectivity index (χ1) is 14.0. The minimum atomic E-state index is -0.611. The fourth-order valence-corrected chi connectivity index (χ4v) is 3.21. The van der Waals surface area contributed by atoms with Crippen LogP contribution in [0.3, 0.4) is 0 Å². The minimum absolute atomic E-state index is 0.0672. The molecule has 0 aliphatic heterocycles. The topological polar surface area (TPSA) is 120 Å². The van der Waals surface area contributed by atoms with E-state index >= 15 is 0 Å². The van der Waals surface area contributed by atoms with Gasteiger partial charge in [-0.1, -0.05) is 36.4 Å². The van der Waals surface area contributed by atoms with Crippen molar-refractivity contribution >= 4 is 28.4 Å². The predicted octanol–water partition coefficient (Wildman–Crippen LogP) is 3.55. The van der Waals surface area contributed by atoms with Gasteiger partial charge in [0.1, 0.15) is 18.0 Å². The summed E-state index contributed by atoms with van der Waals surface area (Å²) in [6, 6.07) is 17.6. The van der Waals surface area contributed by atoms with Gasteiger partial charge in [-0.05, 0) is 36.2 Å². The number of fused-ring (bicyclic) bond motifs is 1. The van der Waals surface area contributed by atoms with Crippen LogP contribution in [0.4, 0.5) is 11.6 Å². The number of rotatable bonds is 5. The van der Waals surface area contributed by atoms with E-state index in [0.29, 0.717) is 0 Å². The summed E-state index contributed by atoms with van der Waals surface area (Å²) in [5.41, 5.74) is 14.9. The number of hydrogen-bond donors (Lipinski definition) is 3. The highest BCUT2D eigenvalue weighted by Gasteiger charge is 2.13. The van der Waals surface area contributed by atoms with E-state index in [4.69, 9.17) is 11.5 Å². The minimum Gasteiger partial charge on any atom is -0.383 e. The van der Waals surface area contributed by atoms with E-state index in [0.717, 1.165) is 33.4 Å². The Bertz CT molecular complexity index is 1190. The van der Waals surface area contributed by atoms with Crippen molar-refractivity contribution in [2.45, 2.75) is 13.0 Å². The smallest absolute Gasteiger partial charge is 0.252 e. The summed E-state index contributed by atoms with van der Waals surface area (Å²) in [7, 11) is 0. The van der Waals surface area contributed by atoms with E-state index in [9.17, 15) is 4.79 Å². The van der Waals surface area contributed by atoms with Crippen molar-refractivity contribution in [1.82, 2.24) is 15.0 Å². The average molecular weight is 384 g/mol. The fourth-order valence-electron chi connectivity index (χ4n) is 3.21. The van der Waals surface area contributed by atoms with Gasteiger partial charge in [-0.25, -0.2) is 15.0 Å². The van der Waals surface area contributed by atoms with Crippen molar-refractivity contribution in [2.24, 2.45) is 5.73 Å². The number of nitrogens with one attached hydrogen (secondary N) is 1. The van der Waals surface area contributed by atoms with Crippen LogP contribution in [0.2, 0.25) is 0 Å². The molecule has 4 aromatic rings. The van der Waals surface area contributed by atoms with E-state index in [2.05, 4.69) is 39.3 Å². The van der Waals surface area contributed by atoms with Crippen molar-refractivity contribution in [2.75, 3.05) is 11.1 Å². The van der Waals surface area contributed by atoms with Crippen LogP contribution in [0.15, 0.2) is 67.1 Å². The standard InChI is InChI=1S/C22H20N6O/c1-13(14-5-3-2-4-6-14)28-22-17-9-15(7-8-19(17)26-12-27-22)16-10-18(21(24)29)20(23)25-11-16/h2-13H,1H3,(H2,23,25)(H2,24,29)(H,26,27,28). The molecule has 0 spiro atoms. The van der Waals surface area contributed by atoms with E-state index in [1.54, 1.807) is 12.3 Å². The largest absolute Gasteiger partial charge is 0.383 e. The zero-order valence-electron chi connectivity index (χ0n) is 15.8. The maximum atomic E-state index is 11.6. The number of carbonyl (C=O) groups is 1. The van der Waals surface area contributed by atoms with Gasteiger partial charge in [-0.3, -0.25) is 4.79 Å². The summed E-state index contributed by atoms with van der Waals surface area (Å²) in [5.74, 6) is 0.233. The Hall–Kier alpha value is -4.00. The van der Waals surface area contributed by atoms with Gasteiger partial charge in [0.25, 0.3) is 5.91 Å². The molecule has 2 aromatic heterocycles. The number of amides is 1. The van der Waals surface area contributed by atoms with Crippen molar-refractivity contribution in [3.05, 3.63) is 78.2 Å². The van der Waals surface area contributed by atoms with Crippen LogP contribution in [0.1, 0.15) is 28.9 Å². The quantitative estimate of drug-likeness (QED) is 0.484. The molecule has 1 amide bonds. The lowest BCUT2D eigenvalue weighted by molar-refractivity contribution is 0.100. The van der Waals surface area contributed by atoms with E-state index in [-0.39, 0.29) is 17.4 Å². The summed E-state index contributed by atoms with van der Waals surface area (Å²) in [4.78, 5) is 24.5. The van der Waals surface area contributed by atoms with Crippen molar-refractivity contribution in [1.29, 1.82) is 0 Å². The molecule has 144 valence electrons. The molecule has 5 N–H and O–H groups in total. The molecular formula is C22H20N6O. The number of hydrogen-bond acceptors (Lipinski definition) is 6. The third kappa shape index (κ3) is 3.70. The number of carbonyl (C=O) groups excluding carboxylic acids is 1. The Balaban J connectivity index is 1.75. The lowest BCUT2D eigenvalue weighted by atomic mass is 10.0. The molecule has 0 radical (unpaired) electrons. The Kier molecular flexibility index (Phi) is 4.78. The molecule has 29 heavy (non-hydrogen) atoms. The molecule has 0 bridgehead atoms. The van der Waals surface area contributed by atoms with Gasteiger partial charge in [0.15, 0.2) is 0 Å². The normalized spacial score (nSPS) is 11.9. The molecular weight excluding hydrogens is 364 g/mol. The van der Waals surface area contributed by atoms with Gasteiger partial charge in [0, 0.05) is 23.2 Å². The maximum absolute atomic E-state index is 11.6. The summed E-state index contributed by atoms with van der Waals surface area (Å²) in [5, 5.41) is 4.32. The second kappa shape index (κ2) is 7.55. The van der Waals surface area contributed by atoms with Gasteiger partial charge in [-0.2, -0.15) is 0 Å². The van der Waals surface area contributed by atoms with Crippen LogP contribution in [0, 0.1) is 0 Å². The molecule has 1 unspecified atom stereocenters. The third-order valence-electron chi connectivity index (χ3n) is 4.81. The van der Waals surface area contributed by atoms with Crippen LogP contribution >= 0.6 is 0 Å². The Morgan fingerprint density at radius 3 is 2.55 bits per heavy atom. The number of aromatic nitrogens is 3. The van der Waals surface area contributed by atoms with E-state index in [1.165, 1.54) is 6.33 Å². The predicted molar refractivity (Wildman–Crippen MR) is 114 cm³/mol. The Labute approximate surface area is 167 Å². The number of nitrogens with zero attached hydrogens (tertiary/aromatic N) is 3. The van der Waals surface area contributed by atoms with Crippen molar-refractivity contribution in [3.63, 3.8) is 0 Å². The van der Waals surface area contributed by atoms with Crippen molar-refractivity contribution < 1.29 is 4.79 Å². The monoisotopic (exact) mass is 384 g/mol. The number of nitrogen functional groups attached to an aromatic ring is 1. The average Bonchev–Trinajstić information content (AvgIpc) is 2.74. The molecule has 2 aromatic carbocycles. The van der Waals surface area contributed by atoms with E-state index < -0.39 is 5.91 Å². The highest BCUT2D eigenvalue weighted by atomic mass is 16.1. The number of pyridine rings is 1. The molecule has 7 heteroatoms. The first kappa shape index (κ1) is 18.4. The zero-order valence-corrected chi connectivity index (χ0v) is 15.8. The van der Waals surface area contributed by atoms with Crippen LogP contribution in [-0.2, 0) is 0 Å². The summed E-state index contributed by atoms with van der Waals surface area (Å²) < 4.78 is 0.